The van der Waals surface area contributed by atoms with Gasteiger partial charge in [-0.1, -0.05) is 29.8 Å². The molecular weight excluding hydrogens is 443 g/mol. The average Bonchev–Trinajstić information content (AvgIpc) is 2.72. The second-order valence-corrected chi connectivity index (χ2v) is 8.99. The van der Waals surface area contributed by atoms with Gasteiger partial charge in [-0.2, -0.15) is 17.5 Å². The van der Waals surface area contributed by atoms with Crippen LogP contribution in [0.4, 0.5) is 18.9 Å². The average molecular weight is 462 g/mol. The Morgan fingerprint density at radius 2 is 1.70 bits per heavy atom. The SMILES string of the molecule is O=C(CNc1ccccc1Cl)N1CCN(S(=O)(=O)c2cccc(C(F)(F)F)c2)CC1. The first kappa shape index (κ1) is 22.4. The van der Waals surface area contributed by atoms with Gasteiger partial charge in [-0.25, -0.2) is 8.42 Å². The minimum atomic E-state index is -4.63. The number of anilines is 1. The Bertz CT molecular complexity index is 1020. The number of nitrogens with zero attached hydrogens (tertiary/aromatic N) is 2. The summed E-state index contributed by atoms with van der Waals surface area (Å²) in [7, 11) is -4.09. The van der Waals surface area contributed by atoms with Crippen LogP contribution >= 0.6 is 11.6 Å². The van der Waals surface area contributed by atoms with Gasteiger partial charge in [0.15, 0.2) is 0 Å². The lowest BCUT2D eigenvalue weighted by molar-refractivity contribution is -0.137. The van der Waals surface area contributed by atoms with Gasteiger partial charge in [0.25, 0.3) is 0 Å². The minimum absolute atomic E-state index is 0.00356. The lowest BCUT2D eigenvalue weighted by atomic mass is 10.2. The first-order valence-corrected chi connectivity index (χ1v) is 10.8. The van der Waals surface area contributed by atoms with Crippen molar-refractivity contribution in [2.45, 2.75) is 11.1 Å². The summed E-state index contributed by atoms with van der Waals surface area (Å²) in [4.78, 5) is 13.5. The molecule has 6 nitrogen and oxygen atoms in total. The van der Waals surface area contributed by atoms with Crippen LogP contribution in [0.25, 0.3) is 0 Å². The molecule has 162 valence electrons. The Labute approximate surface area is 177 Å². The summed E-state index contributed by atoms with van der Waals surface area (Å²) in [5.41, 5.74) is -0.415. The zero-order chi connectivity index (χ0) is 21.9. The normalized spacial score (nSPS) is 15.8. The van der Waals surface area contributed by atoms with Crippen molar-refractivity contribution in [1.82, 2.24) is 9.21 Å². The Balaban J connectivity index is 1.61. The first-order chi connectivity index (χ1) is 14.1. The van der Waals surface area contributed by atoms with E-state index in [1.807, 2.05) is 0 Å². The molecule has 0 bridgehead atoms. The van der Waals surface area contributed by atoms with Crippen molar-refractivity contribution < 1.29 is 26.4 Å². The van der Waals surface area contributed by atoms with E-state index in [4.69, 9.17) is 11.6 Å². The molecule has 1 N–H and O–H groups in total. The Morgan fingerprint density at radius 1 is 1.03 bits per heavy atom. The number of amides is 1. The van der Waals surface area contributed by atoms with E-state index < -0.39 is 26.7 Å². The van der Waals surface area contributed by atoms with Gasteiger partial charge in [0.05, 0.1) is 27.7 Å². The molecule has 1 amide bonds. The summed E-state index contributed by atoms with van der Waals surface area (Å²) >= 11 is 6.03. The van der Waals surface area contributed by atoms with E-state index in [1.54, 1.807) is 24.3 Å². The Morgan fingerprint density at radius 3 is 2.33 bits per heavy atom. The maximum absolute atomic E-state index is 12.9. The number of halogens is 4. The van der Waals surface area contributed by atoms with E-state index in [0.717, 1.165) is 22.5 Å². The lowest BCUT2D eigenvalue weighted by Gasteiger charge is -2.34. The van der Waals surface area contributed by atoms with Crippen LogP contribution in [0.2, 0.25) is 5.02 Å². The topological polar surface area (TPSA) is 69.7 Å². The molecule has 1 aliphatic heterocycles. The number of benzene rings is 2. The number of hydrogen-bond donors (Lipinski definition) is 1. The minimum Gasteiger partial charge on any atom is -0.375 e. The van der Waals surface area contributed by atoms with Gasteiger partial charge < -0.3 is 10.2 Å². The van der Waals surface area contributed by atoms with Crippen LogP contribution in [0.1, 0.15) is 5.56 Å². The molecule has 1 aliphatic rings. The van der Waals surface area contributed by atoms with Crippen molar-refractivity contribution in [3.8, 4) is 0 Å². The number of carbonyl (C=O) groups is 1. The fraction of sp³-hybridized carbons (Fsp3) is 0.316. The Hall–Kier alpha value is -2.30. The summed E-state index contributed by atoms with van der Waals surface area (Å²) < 4.78 is 65.2. The van der Waals surface area contributed by atoms with E-state index in [2.05, 4.69) is 5.32 Å². The van der Waals surface area contributed by atoms with Crippen molar-refractivity contribution in [1.29, 1.82) is 0 Å². The van der Waals surface area contributed by atoms with E-state index in [-0.39, 0.29) is 38.6 Å². The summed E-state index contributed by atoms with van der Waals surface area (Å²) in [5.74, 6) is -0.231. The fourth-order valence-corrected chi connectivity index (χ4v) is 4.72. The molecule has 0 spiro atoms. The fourth-order valence-electron chi connectivity index (χ4n) is 3.05. The molecule has 1 fully saturated rings. The van der Waals surface area contributed by atoms with Gasteiger partial charge in [0.2, 0.25) is 15.9 Å². The van der Waals surface area contributed by atoms with Crippen molar-refractivity contribution in [3.05, 3.63) is 59.1 Å². The van der Waals surface area contributed by atoms with Crippen molar-refractivity contribution >= 4 is 33.2 Å². The van der Waals surface area contributed by atoms with Gasteiger partial charge >= 0.3 is 6.18 Å². The first-order valence-electron chi connectivity index (χ1n) is 9.02. The van der Waals surface area contributed by atoms with Gasteiger partial charge in [0.1, 0.15) is 0 Å². The number of rotatable bonds is 5. The third-order valence-electron chi connectivity index (χ3n) is 4.69. The molecule has 3 rings (SSSR count). The number of sulfonamides is 1. The molecule has 11 heteroatoms. The number of hydrogen-bond acceptors (Lipinski definition) is 4. The molecule has 0 atom stereocenters. The monoisotopic (exact) mass is 461 g/mol. The highest BCUT2D eigenvalue weighted by Crippen LogP contribution is 2.31. The second-order valence-electron chi connectivity index (χ2n) is 6.64. The van der Waals surface area contributed by atoms with Crippen LogP contribution in [-0.4, -0.2) is 56.3 Å². The van der Waals surface area contributed by atoms with Gasteiger partial charge in [-0.05, 0) is 30.3 Å². The number of piperazine rings is 1. The maximum Gasteiger partial charge on any atom is 0.416 e. The summed E-state index contributed by atoms with van der Waals surface area (Å²) in [6.07, 6.45) is -4.63. The third-order valence-corrected chi connectivity index (χ3v) is 6.92. The van der Waals surface area contributed by atoms with Gasteiger partial charge in [-0.15, -0.1) is 0 Å². The molecule has 1 saturated heterocycles. The molecule has 2 aromatic carbocycles. The smallest absolute Gasteiger partial charge is 0.375 e. The van der Waals surface area contributed by atoms with E-state index in [9.17, 15) is 26.4 Å². The molecule has 0 aliphatic carbocycles. The van der Waals surface area contributed by atoms with Crippen LogP contribution in [0, 0.1) is 0 Å². The third kappa shape index (κ3) is 5.05. The second kappa shape index (κ2) is 8.83. The van der Waals surface area contributed by atoms with Crippen LogP contribution in [0.15, 0.2) is 53.4 Å². The Kier molecular flexibility index (Phi) is 6.59. The van der Waals surface area contributed by atoms with E-state index >= 15 is 0 Å². The van der Waals surface area contributed by atoms with Crippen molar-refractivity contribution in [2.24, 2.45) is 0 Å². The predicted octanol–water partition coefficient (Wildman–Crippen LogP) is 3.30. The van der Waals surface area contributed by atoms with Crippen LogP contribution in [0.5, 0.6) is 0 Å². The maximum atomic E-state index is 12.9. The number of carbonyl (C=O) groups excluding carboxylic acids is 1. The van der Waals surface area contributed by atoms with Crippen LogP contribution in [-0.2, 0) is 21.0 Å². The summed E-state index contributed by atoms with van der Waals surface area (Å²) in [5, 5.41) is 3.41. The summed E-state index contributed by atoms with van der Waals surface area (Å²) in [6.45, 7) is 0.263. The zero-order valence-corrected chi connectivity index (χ0v) is 17.3. The van der Waals surface area contributed by atoms with Gasteiger partial charge in [-0.3, -0.25) is 4.79 Å². The van der Waals surface area contributed by atoms with Crippen LogP contribution in [0.3, 0.4) is 0 Å². The lowest BCUT2D eigenvalue weighted by Crippen LogP contribution is -2.51. The van der Waals surface area contributed by atoms with Crippen LogP contribution < -0.4 is 5.32 Å². The molecule has 2 aromatic rings. The quantitative estimate of drug-likeness (QED) is 0.741. The highest BCUT2D eigenvalue weighted by molar-refractivity contribution is 7.89. The molecule has 0 radical (unpaired) electrons. The van der Waals surface area contributed by atoms with Crippen molar-refractivity contribution in [2.75, 3.05) is 38.0 Å². The highest BCUT2D eigenvalue weighted by Gasteiger charge is 2.34. The molecule has 1 heterocycles. The summed E-state index contributed by atoms with van der Waals surface area (Å²) in [6, 6.07) is 10.6. The van der Waals surface area contributed by atoms with E-state index in [1.165, 1.54) is 4.90 Å². The molecule has 30 heavy (non-hydrogen) atoms. The molecule has 0 saturated carbocycles. The largest absolute Gasteiger partial charge is 0.416 e. The standard InChI is InChI=1S/C19H19ClF3N3O3S/c20-16-6-1-2-7-17(16)24-13-18(27)25-8-10-26(11-9-25)30(28,29)15-5-3-4-14(12-15)19(21,22)23/h1-7,12,24H,8-11,13H2. The highest BCUT2D eigenvalue weighted by atomic mass is 35.5. The zero-order valence-electron chi connectivity index (χ0n) is 15.7. The number of para-hydroxylation sites is 1. The van der Waals surface area contributed by atoms with Crippen molar-refractivity contribution in [3.63, 3.8) is 0 Å². The molecule has 0 aromatic heterocycles. The van der Waals surface area contributed by atoms with Gasteiger partial charge in [0, 0.05) is 26.2 Å². The predicted molar refractivity (Wildman–Crippen MR) is 107 cm³/mol. The molecular formula is C19H19ClF3N3O3S. The molecule has 0 unspecified atom stereocenters. The number of alkyl halides is 3. The van der Waals surface area contributed by atoms with E-state index in [0.29, 0.717) is 16.8 Å². The number of nitrogens with one attached hydrogen (secondary N) is 1.